The summed E-state index contributed by atoms with van der Waals surface area (Å²) in [6.45, 7) is 6.09. The summed E-state index contributed by atoms with van der Waals surface area (Å²) in [7, 11) is 3.93. The van der Waals surface area contributed by atoms with Crippen LogP contribution in [0, 0.1) is 0 Å². The van der Waals surface area contributed by atoms with Crippen LogP contribution in [0.1, 0.15) is 6.92 Å². The third-order valence-corrected chi connectivity index (χ3v) is 2.56. The van der Waals surface area contributed by atoms with Crippen LogP contribution in [0.5, 0.6) is 0 Å². The van der Waals surface area contributed by atoms with Crippen LogP contribution in [0.3, 0.4) is 0 Å². The number of nitrogens with zero attached hydrogens (tertiary/aromatic N) is 1. The summed E-state index contributed by atoms with van der Waals surface area (Å²) in [4.78, 5) is 0. The summed E-state index contributed by atoms with van der Waals surface area (Å²) >= 11 is 5.96. The van der Waals surface area contributed by atoms with Gasteiger partial charge in [-0.1, -0.05) is 18.2 Å². The smallest absolute Gasteiger partial charge is 0.190 e. The number of aliphatic hydroxyl groups excluding tert-OH is 1. The fraction of sp³-hybridized carbons (Fsp3) is 0.750. The van der Waals surface area contributed by atoms with Gasteiger partial charge in [0.15, 0.2) is 5.50 Å². The number of halogens is 1. The Balaban J connectivity index is 4.15. The van der Waals surface area contributed by atoms with Crippen LogP contribution < -0.4 is 0 Å². The zero-order chi connectivity index (χ0) is 9.07. The highest BCUT2D eigenvalue weighted by atomic mass is 35.5. The standard InChI is InChI=1S/C8H17ClNO/c1-5-6-10(3,4)8(9)7(2)11/h5,7-8,11H,1,6H2,2-4H3/q+1. The SMILES string of the molecule is C=CC[N+](C)(C)C(Cl)C(C)O. The topological polar surface area (TPSA) is 20.2 Å². The predicted molar refractivity (Wildman–Crippen MR) is 48.5 cm³/mol. The Hall–Kier alpha value is -0.0500. The molecule has 0 aliphatic rings. The van der Waals surface area contributed by atoms with Gasteiger partial charge in [-0.15, -0.1) is 0 Å². The van der Waals surface area contributed by atoms with Crippen LogP contribution in [-0.2, 0) is 0 Å². The molecule has 0 heterocycles. The lowest BCUT2D eigenvalue weighted by Gasteiger charge is -2.34. The molecule has 2 nitrogen and oxygen atoms in total. The molecular formula is C8H17ClNO+. The maximum atomic E-state index is 9.20. The Morgan fingerprint density at radius 1 is 1.64 bits per heavy atom. The number of rotatable bonds is 4. The highest BCUT2D eigenvalue weighted by Gasteiger charge is 2.28. The molecule has 0 radical (unpaired) electrons. The zero-order valence-electron chi connectivity index (χ0n) is 7.42. The van der Waals surface area contributed by atoms with Crippen molar-refractivity contribution in [2.24, 2.45) is 0 Å². The maximum Gasteiger partial charge on any atom is 0.190 e. The minimum atomic E-state index is -0.494. The van der Waals surface area contributed by atoms with Crippen LogP contribution in [0.15, 0.2) is 12.7 Å². The second-order valence-electron chi connectivity index (χ2n) is 3.36. The van der Waals surface area contributed by atoms with Gasteiger partial charge in [0.05, 0.1) is 20.6 Å². The molecule has 0 aromatic carbocycles. The normalized spacial score (nSPS) is 17.5. The number of likely N-dealkylation sites (N-methyl/N-ethyl adjacent to an activating group) is 1. The van der Waals surface area contributed by atoms with E-state index in [2.05, 4.69) is 6.58 Å². The summed E-state index contributed by atoms with van der Waals surface area (Å²) < 4.78 is 0.558. The third-order valence-electron chi connectivity index (χ3n) is 1.67. The van der Waals surface area contributed by atoms with Crippen molar-refractivity contribution in [1.82, 2.24) is 0 Å². The first-order valence-corrected chi connectivity index (χ1v) is 4.11. The van der Waals surface area contributed by atoms with Crippen LogP contribution >= 0.6 is 11.6 Å². The summed E-state index contributed by atoms with van der Waals surface area (Å²) in [6.07, 6.45) is 1.31. The van der Waals surface area contributed by atoms with Gasteiger partial charge in [-0.05, 0) is 13.0 Å². The van der Waals surface area contributed by atoms with Gasteiger partial charge in [0.2, 0.25) is 0 Å². The number of quaternary nitrogens is 1. The van der Waals surface area contributed by atoms with E-state index in [9.17, 15) is 5.11 Å². The van der Waals surface area contributed by atoms with Crippen molar-refractivity contribution in [1.29, 1.82) is 0 Å². The summed E-state index contributed by atoms with van der Waals surface area (Å²) in [6, 6.07) is 0. The number of alkyl halides is 1. The largest absolute Gasteiger partial charge is 0.386 e. The molecule has 0 rings (SSSR count). The molecule has 0 aromatic rings. The molecule has 0 aliphatic carbocycles. The lowest BCUT2D eigenvalue weighted by molar-refractivity contribution is -0.899. The molecule has 11 heavy (non-hydrogen) atoms. The van der Waals surface area contributed by atoms with Crippen LogP contribution in [0.25, 0.3) is 0 Å². The van der Waals surface area contributed by atoms with Crippen LogP contribution in [0.4, 0.5) is 0 Å². The average molecular weight is 179 g/mol. The van der Waals surface area contributed by atoms with Gasteiger partial charge in [-0.25, -0.2) is 0 Å². The molecule has 0 saturated carbocycles. The lowest BCUT2D eigenvalue weighted by atomic mass is 10.3. The second kappa shape index (κ2) is 4.10. The van der Waals surface area contributed by atoms with Gasteiger partial charge in [0.1, 0.15) is 6.10 Å². The molecule has 0 aromatic heterocycles. The quantitative estimate of drug-likeness (QED) is 0.297. The zero-order valence-corrected chi connectivity index (χ0v) is 8.17. The van der Waals surface area contributed by atoms with E-state index >= 15 is 0 Å². The molecule has 0 spiro atoms. The van der Waals surface area contributed by atoms with Crippen LogP contribution in [-0.4, -0.2) is 41.8 Å². The van der Waals surface area contributed by atoms with E-state index in [0.29, 0.717) is 4.48 Å². The number of aliphatic hydroxyl groups is 1. The predicted octanol–water partition coefficient (Wildman–Crippen LogP) is 1.19. The molecule has 1 N–H and O–H groups in total. The highest BCUT2D eigenvalue weighted by molar-refractivity contribution is 6.19. The Labute approximate surface area is 73.7 Å². The molecule has 66 valence electrons. The Bertz CT molecular complexity index is 134. The van der Waals surface area contributed by atoms with E-state index < -0.39 is 6.10 Å². The first kappa shape index (κ1) is 11.0. The van der Waals surface area contributed by atoms with E-state index in [1.54, 1.807) is 13.0 Å². The monoisotopic (exact) mass is 178 g/mol. The fourth-order valence-corrected chi connectivity index (χ4v) is 1.10. The van der Waals surface area contributed by atoms with Gasteiger partial charge in [-0.2, -0.15) is 0 Å². The molecule has 3 heteroatoms. The molecule has 0 bridgehead atoms. The van der Waals surface area contributed by atoms with Crippen molar-refractivity contribution < 1.29 is 9.59 Å². The van der Waals surface area contributed by atoms with Gasteiger partial charge >= 0.3 is 0 Å². The summed E-state index contributed by atoms with van der Waals surface area (Å²) in [5.74, 6) is 0. The minimum absolute atomic E-state index is 0.270. The molecule has 0 amide bonds. The molecule has 0 saturated heterocycles. The number of hydrogen-bond acceptors (Lipinski definition) is 1. The first-order chi connectivity index (χ1) is 4.91. The van der Waals surface area contributed by atoms with E-state index in [1.807, 2.05) is 14.1 Å². The van der Waals surface area contributed by atoms with Crippen molar-refractivity contribution in [2.45, 2.75) is 18.5 Å². The molecular weight excluding hydrogens is 162 g/mol. The summed E-state index contributed by atoms with van der Waals surface area (Å²) in [5, 5.41) is 9.20. The van der Waals surface area contributed by atoms with E-state index in [4.69, 9.17) is 11.6 Å². The minimum Gasteiger partial charge on any atom is -0.386 e. The lowest BCUT2D eigenvalue weighted by Crippen LogP contribution is -2.50. The van der Waals surface area contributed by atoms with Crippen molar-refractivity contribution >= 4 is 11.6 Å². The molecule has 0 aliphatic heterocycles. The van der Waals surface area contributed by atoms with E-state index in [-0.39, 0.29) is 5.50 Å². The van der Waals surface area contributed by atoms with Crippen molar-refractivity contribution in [2.75, 3.05) is 20.6 Å². The highest BCUT2D eigenvalue weighted by Crippen LogP contribution is 2.14. The first-order valence-electron chi connectivity index (χ1n) is 3.67. The van der Waals surface area contributed by atoms with E-state index in [0.717, 1.165) is 6.54 Å². The van der Waals surface area contributed by atoms with Gasteiger partial charge in [-0.3, -0.25) is 0 Å². The molecule has 2 atom stereocenters. The Morgan fingerprint density at radius 3 is 2.36 bits per heavy atom. The van der Waals surface area contributed by atoms with Crippen molar-refractivity contribution in [3.63, 3.8) is 0 Å². The fourth-order valence-electron chi connectivity index (χ4n) is 1.02. The Morgan fingerprint density at radius 2 is 2.09 bits per heavy atom. The summed E-state index contributed by atoms with van der Waals surface area (Å²) in [5.41, 5.74) is -0.270. The van der Waals surface area contributed by atoms with Crippen molar-refractivity contribution in [3.05, 3.63) is 12.7 Å². The van der Waals surface area contributed by atoms with E-state index in [1.165, 1.54) is 0 Å². The average Bonchev–Trinajstić information content (AvgIpc) is 1.86. The Kier molecular flexibility index (Phi) is 4.08. The molecule has 2 unspecified atom stereocenters. The second-order valence-corrected chi connectivity index (χ2v) is 3.81. The molecule has 0 fully saturated rings. The van der Waals surface area contributed by atoms with Crippen molar-refractivity contribution in [3.8, 4) is 0 Å². The van der Waals surface area contributed by atoms with Gasteiger partial charge in [0.25, 0.3) is 0 Å². The van der Waals surface area contributed by atoms with Crippen LogP contribution in [0.2, 0.25) is 0 Å². The maximum absolute atomic E-state index is 9.20. The number of hydrogen-bond donors (Lipinski definition) is 1. The third kappa shape index (κ3) is 3.23. The van der Waals surface area contributed by atoms with Gasteiger partial charge in [0, 0.05) is 0 Å². The van der Waals surface area contributed by atoms with Gasteiger partial charge < -0.3 is 9.59 Å².